The lowest BCUT2D eigenvalue weighted by molar-refractivity contribution is -0.147. The zero-order valence-corrected chi connectivity index (χ0v) is 7.60. The highest BCUT2D eigenvalue weighted by atomic mass is 16.5. The number of amides is 1. The molecule has 72 valence electrons. The van der Waals surface area contributed by atoms with E-state index in [0.29, 0.717) is 13.0 Å². The van der Waals surface area contributed by atoms with Crippen molar-refractivity contribution < 1.29 is 14.3 Å². The van der Waals surface area contributed by atoms with Gasteiger partial charge in [0.2, 0.25) is 5.91 Å². The first-order valence-corrected chi connectivity index (χ1v) is 4.32. The van der Waals surface area contributed by atoms with Crippen molar-refractivity contribution >= 4 is 12.4 Å². The minimum atomic E-state index is -0.360. The summed E-state index contributed by atoms with van der Waals surface area (Å²) in [6, 6.07) is 0. The van der Waals surface area contributed by atoms with Crippen LogP contribution in [0.25, 0.3) is 0 Å². The number of nitrogens with zero attached hydrogens (tertiary/aromatic N) is 1. The Morgan fingerprint density at radius 3 is 3.00 bits per heavy atom. The van der Waals surface area contributed by atoms with Gasteiger partial charge >= 0.3 is 0 Å². The summed E-state index contributed by atoms with van der Waals surface area (Å²) in [6.07, 6.45) is 4.43. The highest BCUT2D eigenvalue weighted by Crippen LogP contribution is 2.17. The van der Waals surface area contributed by atoms with Gasteiger partial charge in [-0.3, -0.25) is 9.59 Å². The lowest BCUT2D eigenvalue weighted by Crippen LogP contribution is -2.35. The van der Waals surface area contributed by atoms with Crippen LogP contribution >= 0.6 is 0 Å². The van der Waals surface area contributed by atoms with E-state index in [-0.39, 0.29) is 12.1 Å². The van der Waals surface area contributed by atoms with E-state index < -0.39 is 0 Å². The van der Waals surface area contributed by atoms with Crippen molar-refractivity contribution in [3.63, 3.8) is 0 Å². The van der Waals surface area contributed by atoms with E-state index in [0.717, 1.165) is 12.8 Å². The minimum Gasteiger partial charge on any atom is -0.444 e. The van der Waals surface area contributed by atoms with E-state index in [1.165, 1.54) is 6.08 Å². The SMILES string of the molecule is CC=CC(=O)N1CCCC1OC=O. The molecule has 4 heteroatoms. The molecule has 0 aromatic carbocycles. The monoisotopic (exact) mass is 183 g/mol. The lowest BCUT2D eigenvalue weighted by atomic mass is 10.4. The summed E-state index contributed by atoms with van der Waals surface area (Å²) in [4.78, 5) is 23.0. The van der Waals surface area contributed by atoms with Crippen LogP contribution in [0.5, 0.6) is 0 Å². The number of carbonyl (C=O) groups is 2. The number of rotatable bonds is 3. The average molecular weight is 183 g/mol. The van der Waals surface area contributed by atoms with Crippen LogP contribution in [0.2, 0.25) is 0 Å². The van der Waals surface area contributed by atoms with E-state index in [1.54, 1.807) is 17.9 Å². The maximum atomic E-state index is 11.4. The minimum absolute atomic E-state index is 0.0909. The van der Waals surface area contributed by atoms with Gasteiger partial charge in [0.25, 0.3) is 6.47 Å². The number of hydrogen-bond acceptors (Lipinski definition) is 3. The Bertz CT molecular complexity index is 225. The second-order valence-electron chi connectivity index (χ2n) is 2.86. The van der Waals surface area contributed by atoms with Gasteiger partial charge in [0.05, 0.1) is 0 Å². The molecule has 0 saturated carbocycles. The maximum absolute atomic E-state index is 11.4. The van der Waals surface area contributed by atoms with Crippen molar-refractivity contribution in [2.24, 2.45) is 0 Å². The summed E-state index contributed by atoms with van der Waals surface area (Å²) in [5, 5.41) is 0. The standard InChI is InChI=1S/C9H13NO3/c1-2-4-8(12)10-6-3-5-9(10)13-7-11/h2,4,7,9H,3,5-6H2,1H3. The second kappa shape index (κ2) is 4.64. The van der Waals surface area contributed by atoms with Gasteiger partial charge in [-0.2, -0.15) is 0 Å². The molecule has 0 aromatic rings. The quantitative estimate of drug-likeness (QED) is 0.477. The Labute approximate surface area is 77.2 Å². The lowest BCUT2D eigenvalue weighted by Gasteiger charge is -2.21. The fourth-order valence-electron chi connectivity index (χ4n) is 1.43. The van der Waals surface area contributed by atoms with Gasteiger partial charge in [0.1, 0.15) is 0 Å². The van der Waals surface area contributed by atoms with E-state index in [1.807, 2.05) is 0 Å². The molecule has 1 fully saturated rings. The van der Waals surface area contributed by atoms with E-state index in [4.69, 9.17) is 4.74 Å². The van der Waals surface area contributed by atoms with Crippen molar-refractivity contribution in [1.29, 1.82) is 0 Å². The van der Waals surface area contributed by atoms with Gasteiger partial charge in [-0.15, -0.1) is 0 Å². The summed E-state index contributed by atoms with van der Waals surface area (Å²) < 4.78 is 4.77. The fourth-order valence-corrected chi connectivity index (χ4v) is 1.43. The molecule has 0 N–H and O–H groups in total. The molecular weight excluding hydrogens is 170 g/mol. The predicted molar refractivity (Wildman–Crippen MR) is 46.7 cm³/mol. The number of likely N-dealkylation sites (tertiary alicyclic amines) is 1. The van der Waals surface area contributed by atoms with Gasteiger partial charge in [0.15, 0.2) is 6.23 Å². The molecule has 0 aliphatic carbocycles. The van der Waals surface area contributed by atoms with Crippen LogP contribution in [0, 0.1) is 0 Å². The number of allylic oxidation sites excluding steroid dienone is 1. The first-order valence-electron chi connectivity index (χ1n) is 4.32. The molecule has 1 saturated heterocycles. The molecule has 1 atom stereocenters. The molecule has 1 amide bonds. The molecule has 0 bridgehead atoms. The molecule has 1 aliphatic rings. The summed E-state index contributed by atoms with van der Waals surface area (Å²) in [5.74, 6) is -0.0909. The highest BCUT2D eigenvalue weighted by molar-refractivity contribution is 5.87. The van der Waals surface area contributed by atoms with Crippen LogP contribution in [0.15, 0.2) is 12.2 Å². The average Bonchev–Trinajstić information content (AvgIpc) is 2.54. The van der Waals surface area contributed by atoms with Crippen LogP contribution in [-0.4, -0.2) is 30.1 Å². The first-order chi connectivity index (χ1) is 6.29. The topological polar surface area (TPSA) is 46.6 Å². The number of hydrogen-bond donors (Lipinski definition) is 0. The molecule has 0 spiro atoms. The Morgan fingerprint density at radius 1 is 1.62 bits per heavy atom. The summed E-state index contributed by atoms with van der Waals surface area (Å²) >= 11 is 0. The highest BCUT2D eigenvalue weighted by Gasteiger charge is 2.28. The molecule has 0 aromatic heterocycles. The van der Waals surface area contributed by atoms with Crippen molar-refractivity contribution in [2.75, 3.05) is 6.54 Å². The van der Waals surface area contributed by atoms with Crippen LogP contribution in [0.1, 0.15) is 19.8 Å². The van der Waals surface area contributed by atoms with E-state index in [2.05, 4.69) is 0 Å². The smallest absolute Gasteiger partial charge is 0.295 e. The molecule has 13 heavy (non-hydrogen) atoms. The van der Waals surface area contributed by atoms with Gasteiger partial charge in [-0.05, 0) is 19.4 Å². The largest absolute Gasteiger partial charge is 0.444 e. The zero-order chi connectivity index (χ0) is 9.68. The Kier molecular flexibility index (Phi) is 3.49. The summed E-state index contributed by atoms with van der Waals surface area (Å²) in [7, 11) is 0. The normalized spacial score (nSPS) is 22.2. The van der Waals surface area contributed by atoms with E-state index in [9.17, 15) is 9.59 Å². The van der Waals surface area contributed by atoms with Crippen molar-refractivity contribution in [3.8, 4) is 0 Å². The maximum Gasteiger partial charge on any atom is 0.295 e. The fraction of sp³-hybridized carbons (Fsp3) is 0.556. The molecule has 1 unspecified atom stereocenters. The van der Waals surface area contributed by atoms with Crippen molar-refractivity contribution in [1.82, 2.24) is 4.90 Å². The van der Waals surface area contributed by atoms with Gasteiger partial charge in [-0.25, -0.2) is 0 Å². The van der Waals surface area contributed by atoms with Gasteiger partial charge in [-0.1, -0.05) is 6.08 Å². The number of ether oxygens (including phenoxy) is 1. The van der Waals surface area contributed by atoms with Crippen LogP contribution in [-0.2, 0) is 14.3 Å². The Hall–Kier alpha value is -1.32. The van der Waals surface area contributed by atoms with Gasteiger partial charge in [0, 0.05) is 13.0 Å². The Balaban J connectivity index is 2.56. The molecule has 1 aliphatic heterocycles. The van der Waals surface area contributed by atoms with Gasteiger partial charge < -0.3 is 9.64 Å². The molecule has 0 radical (unpaired) electrons. The third kappa shape index (κ3) is 2.31. The third-order valence-corrected chi connectivity index (χ3v) is 2.00. The number of carbonyl (C=O) groups excluding carboxylic acids is 2. The second-order valence-corrected chi connectivity index (χ2v) is 2.86. The Morgan fingerprint density at radius 2 is 2.38 bits per heavy atom. The van der Waals surface area contributed by atoms with Crippen molar-refractivity contribution in [2.45, 2.75) is 26.0 Å². The van der Waals surface area contributed by atoms with Crippen LogP contribution in [0.3, 0.4) is 0 Å². The summed E-state index contributed by atoms with van der Waals surface area (Å²) in [6.45, 7) is 2.84. The molecule has 4 nitrogen and oxygen atoms in total. The van der Waals surface area contributed by atoms with Crippen LogP contribution in [0.4, 0.5) is 0 Å². The summed E-state index contributed by atoms with van der Waals surface area (Å²) in [5.41, 5.74) is 0. The molecule has 1 heterocycles. The third-order valence-electron chi connectivity index (χ3n) is 2.00. The van der Waals surface area contributed by atoms with E-state index >= 15 is 0 Å². The molecular formula is C9H13NO3. The predicted octanol–water partition coefficient (Wildman–Crippen LogP) is 0.684. The molecule has 1 rings (SSSR count). The zero-order valence-electron chi connectivity index (χ0n) is 7.60. The van der Waals surface area contributed by atoms with Crippen LogP contribution < -0.4 is 0 Å². The first kappa shape index (κ1) is 9.77. The van der Waals surface area contributed by atoms with Crippen molar-refractivity contribution in [3.05, 3.63) is 12.2 Å².